The van der Waals surface area contributed by atoms with Gasteiger partial charge in [0.05, 0.1) is 0 Å². The Bertz CT molecular complexity index is 753. The Hall–Kier alpha value is -2.20. The normalized spacial score (nSPS) is 20.5. The Labute approximate surface area is 134 Å². The molecule has 3 nitrogen and oxygen atoms in total. The van der Waals surface area contributed by atoms with E-state index in [0.29, 0.717) is 16.3 Å². The van der Waals surface area contributed by atoms with E-state index in [1.54, 1.807) is 12.1 Å². The smallest absolute Gasteiger partial charge is 0.213 e. The molecule has 0 spiro atoms. The Morgan fingerprint density at radius 3 is 2.14 bits per heavy atom. The summed E-state index contributed by atoms with van der Waals surface area (Å²) >= 11 is 1.46. The molecule has 4 heteroatoms. The molecule has 2 aromatic carbocycles. The largest absolute Gasteiger partial charge is 0.287 e. The Balaban J connectivity index is 2.03. The highest BCUT2D eigenvalue weighted by atomic mass is 32.2. The number of ketones is 1. The molecule has 110 valence electrons. The molecule has 1 aliphatic heterocycles. The van der Waals surface area contributed by atoms with Crippen molar-refractivity contribution in [1.29, 1.82) is 0 Å². The number of benzene rings is 2. The van der Waals surface area contributed by atoms with Gasteiger partial charge in [0.1, 0.15) is 10.8 Å². The lowest BCUT2D eigenvalue weighted by molar-refractivity contribution is 0.106. The second kappa shape index (κ2) is 5.89. The van der Waals surface area contributed by atoms with Crippen LogP contribution in [0.15, 0.2) is 70.6 Å². The first kappa shape index (κ1) is 14.7. The number of nitrogens with zero attached hydrogens (tertiary/aromatic N) is 2. The first-order valence-electron chi connectivity index (χ1n) is 7.03. The molecule has 0 saturated heterocycles. The maximum Gasteiger partial charge on any atom is 0.213 e. The van der Waals surface area contributed by atoms with Gasteiger partial charge in [-0.1, -0.05) is 60.7 Å². The van der Waals surface area contributed by atoms with Gasteiger partial charge in [-0.25, -0.2) is 9.98 Å². The number of hydrogen-bond donors (Lipinski definition) is 0. The average Bonchev–Trinajstić information content (AvgIpc) is 2.94. The van der Waals surface area contributed by atoms with Crippen LogP contribution >= 0.6 is 11.8 Å². The van der Waals surface area contributed by atoms with Crippen molar-refractivity contribution in [1.82, 2.24) is 0 Å². The first-order chi connectivity index (χ1) is 10.6. The minimum Gasteiger partial charge on any atom is -0.287 e. The van der Waals surface area contributed by atoms with Crippen molar-refractivity contribution in [2.45, 2.75) is 12.6 Å². The van der Waals surface area contributed by atoms with Crippen LogP contribution in [0.2, 0.25) is 0 Å². The fourth-order valence-corrected chi connectivity index (χ4v) is 3.04. The van der Waals surface area contributed by atoms with Gasteiger partial charge in [-0.3, -0.25) is 4.79 Å². The summed E-state index contributed by atoms with van der Waals surface area (Å²) in [5, 5.41) is 0.695. The van der Waals surface area contributed by atoms with Crippen LogP contribution in [0.25, 0.3) is 0 Å². The number of Topliss-reactive ketones (excluding diaryl/α,β-unsaturated/α-hetero) is 1. The summed E-state index contributed by atoms with van der Waals surface area (Å²) in [7, 11) is 0. The van der Waals surface area contributed by atoms with Gasteiger partial charge in [-0.05, 0) is 13.2 Å². The van der Waals surface area contributed by atoms with Crippen LogP contribution in [0.5, 0.6) is 0 Å². The minimum atomic E-state index is -0.723. The lowest BCUT2D eigenvalue weighted by Gasteiger charge is -2.17. The van der Waals surface area contributed by atoms with E-state index in [1.165, 1.54) is 11.8 Å². The van der Waals surface area contributed by atoms with Gasteiger partial charge < -0.3 is 0 Å². The third kappa shape index (κ3) is 2.62. The van der Waals surface area contributed by atoms with Gasteiger partial charge in [-0.15, -0.1) is 11.8 Å². The van der Waals surface area contributed by atoms with E-state index in [4.69, 9.17) is 4.99 Å². The molecular weight excluding hydrogens is 292 g/mol. The number of aliphatic imine (C=N–C) groups is 2. The topological polar surface area (TPSA) is 41.8 Å². The standard InChI is InChI=1S/C18H16N2OS/c1-18(14-11-7-4-8-12-14)19-15(17(20-18)22-2)16(21)13-9-5-3-6-10-13/h3-12H,1-2H3. The Kier molecular flexibility index (Phi) is 3.94. The fraction of sp³-hybridized carbons (Fsp3) is 0.167. The molecule has 1 heterocycles. The minimum absolute atomic E-state index is 0.0756. The van der Waals surface area contributed by atoms with Crippen molar-refractivity contribution in [3.05, 3.63) is 71.8 Å². The molecule has 22 heavy (non-hydrogen) atoms. The lowest BCUT2D eigenvalue weighted by Crippen LogP contribution is -2.20. The molecule has 0 N–H and O–H groups in total. The lowest BCUT2D eigenvalue weighted by atomic mass is 10.0. The molecular formula is C18H16N2OS. The van der Waals surface area contributed by atoms with Crippen LogP contribution in [-0.4, -0.2) is 22.8 Å². The predicted molar refractivity (Wildman–Crippen MR) is 93.0 cm³/mol. The summed E-state index contributed by atoms with van der Waals surface area (Å²) < 4.78 is 0. The molecule has 0 aromatic heterocycles. The summed E-state index contributed by atoms with van der Waals surface area (Å²) in [5.41, 5.74) is 1.35. The van der Waals surface area contributed by atoms with Crippen molar-refractivity contribution in [3.8, 4) is 0 Å². The number of hydrogen-bond acceptors (Lipinski definition) is 4. The predicted octanol–water partition coefficient (Wildman–Crippen LogP) is 3.96. The Morgan fingerprint density at radius 1 is 0.955 bits per heavy atom. The van der Waals surface area contributed by atoms with E-state index >= 15 is 0 Å². The van der Waals surface area contributed by atoms with Crippen LogP contribution in [0.3, 0.4) is 0 Å². The van der Waals surface area contributed by atoms with E-state index in [9.17, 15) is 4.79 Å². The molecule has 0 amide bonds. The number of carbonyl (C=O) groups excluding carboxylic acids is 1. The van der Waals surface area contributed by atoms with E-state index in [2.05, 4.69) is 4.99 Å². The van der Waals surface area contributed by atoms with Crippen molar-refractivity contribution < 1.29 is 4.79 Å². The second-order valence-corrected chi connectivity index (χ2v) is 5.96. The number of rotatable bonds is 3. The maximum atomic E-state index is 12.7. The zero-order chi connectivity index (χ0) is 15.6. The highest BCUT2D eigenvalue weighted by Crippen LogP contribution is 2.33. The molecule has 3 rings (SSSR count). The molecule has 0 fully saturated rings. The van der Waals surface area contributed by atoms with Gasteiger partial charge in [0.25, 0.3) is 0 Å². The molecule has 0 aliphatic carbocycles. The van der Waals surface area contributed by atoms with Gasteiger partial charge >= 0.3 is 0 Å². The van der Waals surface area contributed by atoms with Crippen molar-refractivity contribution >= 4 is 28.3 Å². The summed E-state index contributed by atoms with van der Waals surface area (Å²) in [6.45, 7) is 1.93. The zero-order valence-corrected chi connectivity index (χ0v) is 13.3. The molecule has 1 unspecified atom stereocenters. The van der Waals surface area contributed by atoms with Crippen LogP contribution in [0, 0.1) is 0 Å². The van der Waals surface area contributed by atoms with Gasteiger partial charge in [0.2, 0.25) is 5.78 Å². The van der Waals surface area contributed by atoms with Crippen molar-refractivity contribution in [2.75, 3.05) is 6.26 Å². The molecule has 0 saturated carbocycles. The SMILES string of the molecule is CSC1=NC(C)(c2ccccc2)N=C1C(=O)c1ccccc1. The summed E-state index contributed by atoms with van der Waals surface area (Å²) in [4.78, 5) is 22.1. The van der Waals surface area contributed by atoms with E-state index in [0.717, 1.165) is 5.56 Å². The van der Waals surface area contributed by atoms with Crippen molar-refractivity contribution in [2.24, 2.45) is 9.98 Å². The molecule has 0 radical (unpaired) electrons. The zero-order valence-electron chi connectivity index (χ0n) is 12.5. The van der Waals surface area contributed by atoms with Gasteiger partial charge in [-0.2, -0.15) is 0 Å². The quantitative estimate of drug-likeness (QED) is 0.805. The highest BCUT2D eigenvalue weighted by molar-refractivity contribution is 8.15. The van der Waals surface area contributed by atoms with E-state index in [1.807, 2.05) is 61.7 Å². The van der Waals surface area contributed by atoms with Crippen LogP contribution in [-0.2, 0) is 5.66 Å². The van der Waals surface area contributed by atoms with Gasteiger partial charge in [0.15, 0.2) is 5.66 Å². The third-order valence-corrected chi connectivity index (χ3v) is 4.29. The first-order valence-corrected chi connectivity index (χ1v) is 8.26. The summed E-state index contributed by atoms with van der Waals surface area (Å²) in [6, 6.07) is 19.1. The van der Waals surface area contributed by atoms with Gasteiger partial charge in [0, 0.05) is 11.1 Å². The molecule has 0 bridgehead atoms. The molecule has 1 aliphatic rings. The molecule has 1 atom stereocenters. The van der Waals surface area contributed by atoms with Crippen LogP contribution in [0.4, 0.5) is 0 Å². The highest BCUT2D eigenvalue weighted by Gasteiger charge is 2.35. The van der Waals surface area contributed by atoms with E-state index < -0.39 is 5.66 Å². The van der Waals surface area contributed by atoms with Crippen LogP contribution in [0.1, 0.15) is 22.8 Å². The average molecular weight is 308 g/mol. The van der Waals surface area contributed by atoms with E-state index in [-0.39, 0.29) is 5.78 Å². The van der Waals surface area contributed by atoms with Crippen molar-refractivity contribution in [3.63, 3.8) is 0 Å². The fourth-order valence-electron chi connectivity index (χ4n) is 2.44. The number of thioether (sulfide) groups is 1. The Morgan fingerprint density at radius 2 is 1.55 bits per heavy atom. The summed E-state index contributed by atoms with van der Waals surface area (Å²) in [6.07, 6.45) is 1.92. The van der Waals surface area contributed by atoms with Crippen LogP contribution < -0.4 is 0 Å². The summed E-state index contributed by atoms with van der Waals surface area (Å²) in [5.74, 6) is -0.0756. The monoisotopic (exact) mass is 308 g/mol. The number of carbonyl (C=O) groups is 1. The third-order valence-electron chi connectivity index (χ3n) is 3.62. The maximum absolute atomic E-state index is 12.7. The second-order valence-electron chi connectivity index (χ2n) is 5.16. The molecule has 2 aromatic rings.